The van der Waals surface area contributed by atoms with Crippen LogP contribution in [0.2, 0.25) is 0 Å². The fourth-order valence-corrected chi connectivity index (χ4v) is 2.07. The van der Waals surface area contributed by atoms with E-state index in [2.05, 4.69) is 12.2 Å². The number of unbranched alkanes of at least 4 members (excludes halogenated alkanes) is 1. The van der Waals surface area contributed by atoms with Crippen LogP contribution in [0.3, 0.4) is 0 Å². The number of hydrogen-bond donors (Lipinski definition) is 1. The van der Waals surface area contributed by atoms with Crippen LogP contribution in [0.25, 0.3) is 0 Å². The first-order valence-corrected chi connectivity index (χ1v) is 6.41. The van der Waals surface area contributed by atoms with Crippen LogP contribution in [0.4, 0.5) is 4.39 Å². The molecule has 84 valence electrons. The topological polar surface area (TPSA) is 12.0 Å². The maximum atomic E-state index is 13.2. The summed E-state index contributed by atoms with van der Waals surface area (Å²) < 4.78 is 13.2. The highest BCUT2D eigenvalue weighted by molar-refractivity contribution is 7.99. The number of rotatable bonds is 7. The Balaban J connectivity index is 2.12. The van der Waals surface area contributed by atoms with E-state index >= 15 is 0 Å². The molecule has 3 heteroatoms. The van der Waals surface area contributed by atoms with E-state index in [4.69, 9.17) is 0 Å². The van der Waals surface area contributed by atoms with Crippen molar-refractivity contribution < 1.29 is 4.39 Å². The molecule has 1 rings (SSSR count). The van der Waals surface area contributed by atoms with Crippen LogP contribution in [-0.2, 0) is 0 Å². The third-order valence-corrected chi connectivity index (χ3v) is 3.13. The second-order valence-corrected chi connectivity index (χ2v) is 4.52. The van der Waals surface area contributed by atoms with Crippen LogP contribution < -0.4 is 5.32 Å². The zero-order valence-corrected chi connectivity index (χ0v) is 9.95. The van der Waals surface area contributed by atoms with Crippen LogP contribution in [0.15, 0.2) is 29.2 Å². The monoisotopic (exact) mass is 227 g/mol. The smallest absolute Gasteiger partial charge is 0.136 e. The largest absolute Gasteiger partial charge is 0.316 e. The van der Waals surface area contributed by atoms with Crippen LogP contribution in [-0.4, -0.2) is 18.8 Å². The highest BCUT2D eigenvalue weighted by atomic mass is 32.2. The second-order valence-electron chi connectivity index (χ2n) is 3.38. The van der Waals surface area contributed by atoms with Crippen LogP contribution >= 0.6 is 11.8 Å². The first-order valence-electron chi connectivity index (χ1n) is 5.42. The Bertz CT molecular complexity index is 278. The lowest BCUT2D eigenvalue weighted by Crippen LogP contribution is -2.18. The van der Waals surface area contributed by atoms with Gasteiger partial charge in [-0.2, -0.15) is 0 Å². The molecule has 0 aromatic heterocycles. The summed E-state index contributed by atoms with van der Waals surface area (Å²) in [4.78, 5) is 0.745. The molecule has 0 unspecified atom stereocenters. The molecule has 0 fully saturated rings. The van der Waals surface area contributed by atoms with E-state index in [1.165, 1.54) is 18.9 Å². The van der Waals surface area contributed by atoms with Crippen molar-refractivity contribution in [3.63, 3.8) is 0 Å². The zero-order valence-electron chi connectivity index (χ0n) is 9.13. The molecule has 0 aliphatic heterocycles. The quantitative estimate of drug-likeness (QED) is 0.566. The lowest BCUT2D eigenvalue weighted by molar-refractivity contribution is 0.601. The summed E-state index contributed by atoms with van der Waals surface area (Å²) in [6.07, 6.45) is 2.43. The Labute approximate surface area is 95.5 Å². The van der Waals surface area contributed by atoms with Crippen molar-refractivity contribution >= 4 is 11.8 Å². The van der Waals surface area contributed by atoms with Gasteiger partial charge in [0.25, 0.3) is 0 Å². The Morgan fingerprint density at radius 1 is 1.27 bits per heavy atom. The average Bonchev–Trinajstić information content (AvgIpc) is 2.25. The highest BCUT2D eigenvalue weighted by Gasteiger charge is 1.99. The van der Waals surface area contributed by atoms with Gasteiger partial charge in [0.05, 0.1) is 0 Å². The van der Waals surface area contributed by atoms with Gasteiger partial charge in [0.2, 0.25) is 0 Å². The Kier molecular flexibility index (Phi) is 6.44. The minimum Gasteiger partial charge on any atom is -0.316 e. The van der Waals surface area contributed by atoms with Gasteiger partial charge in [0, 0.05) is 17.2 Å². The van der Waals surface area contributed by atoms with Gasteiger partial charge in [-0.05, 0) is 25.1 Å². The summed E-state index contributed by atoms with van der Waals surface area (Å²) in [5.74, 6) is 0.807. The number of halogens is 1. The molecular weight excluding hydrogens is 209 g/mol. The lowest BCUT2D eigenvalue weighted by Gasteiger charge is -2.04. The summed E-state index contributed by atoms with van der Waals surface area (Å²) >= 11 is 1.57. The van der Waals surface area contributed by atoms with Gasteiger partial charge in [-0.15, -0.1) is 11.8 Å². The maximum absolute atomic E-state index is 13.2. The summed E-state index contributed by atoms with van der Waals surface area (Å²) in [5, 5.41) is 3.33. The normalized spacial score (nSPS) is 10.5. The Hall–Kier alpha value is -0.540. The molecule has 0 spiro atoms. The molecular formula is C12H18FNS. The third-order valence-electron chi connectivity index (χ3n) is 2.08. The van der Waals surface area contributed by atoms with Gasteiger partial charge in [-0.1, -0.05) is 25.5 Å². The van der Waals surface area contributed by atoms with Crippen molar-refractivity contribution in [1.29, 1.82) is 0 Å². The van der Waals surface area contributed by atoms with Gasteiger partial charge in [-0.3, -0.25) is 0 Å². The Morgan fingerprint density at radius 2 is 2.07 bits per heavy atom. The first-order chi connectivity index (χ1) is 7.34. The van der Waals surface area contributed by atoms with Gasteiger partial charge < -0.3 is 5.32 Å². The molecule has 0 saturated carbocycles. The second kappa shape index (κ2) is 7.71. The third kappa shape index (κ3) is 5.19. The summed E-state index contributed by atoms with van der Waals surface area (Å²) in [6.45, 7) is 4.18. The van der Waals surface area contributed by atoms with Crippen LogP contribution in [0.5, 0.6) is 0 Å². The fraction of sp³-hybridized carbons (Fsp3) is 0.500. The van der Waals surface area contributed by atoms with E-state index < -0.39 is 0 Å². The van der Waals surface area contributed by atoms with Crippen LogP contribution in [0.1, 0.15) is 19.8 Å². The summed E-state index contributed by atoms with van der Waals surface area (Å²) in [6, 6.07) is 6.92. The maximum Gasteiger partial charge on any atom is 0.136 e. The molecule has 0 heterocycles. The number of nitrogens with one attached hydrogen (secondary N) is 1. The molecule has 0 aliphatic carbocycles. The highest BCUT2D eigenvalue weighted by Crippen LogP contribution is 2.20. The van der Waals surface area contributed by atoms with E-state index in [0.717, 1.165) is 23.7 Å². The molecule has 15 heavy (non-hydrogen) atoms. The number of hydrogen-bond acceptors (Lipinski definition) is 2. The van der Waals surface area contributed by atoms with Crippen molar-refractivity contribution in [3.05, 3.63) is 30.1 Å². The van der Waals surface area contributed by atoms with Crippen molar-refractivity contribution in [1.82, 2.24) is 5.32 Å². The van der Waals surface area contributed by atoms with Crippen molar-refractivity contribution in [2.45, 2.75) is 24.7 Å². The molecule has 0 amide bonds. The molecule has 0 aliphatic rings. The molecule has 0 bridgehead atoms. The molecule has 1 aromatic carbocycles. The Morgan fingerprint density at radius 3 is 2.80 bits per heavy atom. The molecule has 1 nitrogen and oxygen atoms in total. The predicted octanol–water partition coefficient (Wildman–Crippen LogP) is 3.31. The minimum atomic E-state index is -0.115. The van der Waals surface area contributed by atoms with E-state index in [1.54, 1.807) is 17.8 Å². The average molecular weight is 227 g/mol. The van der Waals surface area contributed by atoms with E-state index in [1.807, 2.05) is 12.1 Å². The zero-order chi connectivity index (χ0) is 10.9. The van der Waals surface area contributed by atoms with Gasteiger partial charge in [0.15, 0.2) is 0 Å². The van der Waals surface area contributed by atoms with E-state index in [-0.39, 0.29) is 5.82 Å². The molecule has 1 N–H and O–H groups in total. The van der Waals surface area contributed by atoms with Gasteiger partial charge in [-0.25, -0.2) is 4.39 Å². The van der Waals surface area contributed by atoms with Crippen molar-refractivity contribution in [3.8, 4) is 0 Å². The number of benzene rings is 1. The molecule has 0 atom stereocenters. The lowest BCUT2D eigenvalue weighted by atomic mass is 10.3. The van der Waals surface area contributed by atoms with Gasteiger partial charge in [0.1, 0.15) is 5.82 Å². The fourth-order valence-electron chi connectivity index (χ4n) is 1.22. The minimum absolute atomic E-state index is 0.115. The van der Waals surface area contributed by atoms with E-state index in [9.17, 15) is 4.39 Å². The summed E-state index contributed by atoms with van der Waals surface area (Å²) in [7, 11) is 0. The van der Waals surface area contributed by atoms with Crippen molar-refractivity contribution in [2.24, 2.45) is 0 Å². The molecule has 0 saturated heterocycles. The van der Waals surface area contributed by atoms with Gasteiger partial charge >= 0.3 is 0 Å². The standard InChI is InChI=1S/C12H18FNS/c1-2-3-8-14-9-10-15-12-7-5-4-6-11(12)13/h4-7,14H,2-3,8-10H2,1H3. The first kappa shape index (κ1) is 12.5. The van der Waals surface area contributed by atoms with Crippen molar-refractivity contribution in [2.75, 3.05) is 18.8 Å². The predicted molar refractivity (Wildman–Crippen MR) is 64.9 cm³/mol. The van der Waals surface area contributed by atoms with Crippen LogP contribution in [0, 0.1) is 5.82 Å². The number of thioether (sulfide) groups is 1. The molecule has 0 radical (unpaired) electrons. The van der Waals surface area contributed by atoms with E-state index in [0.29, 0.717) is 0 Å². The SMILES string of the molecule is CCCCNCCSc1ccccc1F. The summed E-state index contributed by atoms with van der Waals surface area (Å²) in [5.41, 5.74) is 0. The molecule has 1 aromatic rings.